The first-order valence-corrected chi connectivity index (χ1v) is 8.49. The summed E-state index contributed by atoms with van der Waals surface area (Å²) in [7, 11) is -3.95. The van der Waals surface area contributed by atoms with Gasteiger partial charge in [-0.2, -0.15) is 8.42 Å². The molecule has 2 aromatic carbocycles. The molecule has 0 saturated carbocycles. The maximum atomic E-state index is 12.6. The minimum absolute atomic E-state index is 0.0495. The van der Waals surface area contributed by atoms with Crippen molar-refractivity contribution < 1.29 is 17.3 Å². The zero-order chi connectivity index (χ0) is 16.3. The van der Waals surface area contributed by atoms with E-state index in [0.717, 1.165) is 16.7 Å². The van der Waals surface area contributed by atoms with Crippen LogP contribution < -0.4 is 8.92 Å². The van der Waals surface area contributed by atoms with Gasteiger partial charge in [0, 0.05) is 0 Å². The minimum Gasteiger partial charge on any atom is -0.492 e. The fourth-order valence-electron chi connectivity index (χ4n) is 2.24. The SMILES string of the molecule is CCOc1ccc(C)cc1S(=O)(=O)Oc1cc(C)cc(C)c1. The standard InChI is InChI=1S/C17H20O4S/c1-5-20-16-7-6-12(2)11-17(16)22(18,19)21-15-9-13(3)8-14(4)10-15/h6-11H,5H2,1-4H3. The Kier molecular flexibility index (Phi) is 4.76. The van der Waals surface area contributed by atoms with Crippen LogP contribution >= 0.6 is 0 Å². The van der Waals surface area contributed by atoms with Gasteiger partial charge in [0.25, 0.3) is 0 Å². The van der Waals surface area contributed by atoms with Gasteiger partial charge in [-0.05, 0) is 68.7 Å². The molecule has 0 fully saturated rings. The topological polar surface area (TPSA) is 52.6 Å². The van der Waals surface area contributed by atoms with Gasteiger partial charge in [0.15, 0.2) is 0 Å². The third-order valence-corrected chi connectivity index (χ3v) is 4.34. The fraction of sp³-hybridized carbons (Fsp3) is 0.294. The lowest BCUT2D eigenvalue weighted by atomic mass is 10.1. The molecule has 0 aliphatic rings. The molecule has 0 N–H and O–H groups in total. The van der Waals surface area contributed by atoms with Crippen LogP contribution in [0, 0.1) is 20.8 Å². The first-order chi connectivity index (χ1) is 10.3. The summed E-state index contributed by atoms with van der Waals surface area (Å²) in [4.78, 5) is 0.0495. The van der Waals surface area contributed by atoms with Crippen molar-refractivity contribution in [3.63, 3.8) is 0 Å². The monoisotopic (exact) mass is 320 g/mol. The number of hydrogen-bond donors (Lipinski definition) is 0. The first kappa shape index (κ1) is 16.4. The van der Waals surface area contributed by atoms with E-state index in [4.69, 9.17) is 8.92 Å². The Labute approximate surface area is 131 Å². The van der Waals surface area contributed by atoms with E-state index in [2.05, 4.69) is 0 Å². The second kappa shape index (κ2) is 6.40. The Bertz CT molecular complexity index is 759. The Hall–Kier alpha value is -2.01. The van der Waals surface area contributed by atoms with E-state index in [-0.39, 0.29) is 4.90 Å². The van der Waals surface area contributed by atoms with Crippen molar-refractivity contribution in [1.29, 1.82) is 0 Å². The molecule has 0 amide bonds. The van der Waals surface area contributed by atoms with Crippen LogP contribution in [0.4, 0.5) is 0 Å². The summed E-state index contributed by atoms with van der Waals surface area (Å²) in [5.41, 5.74) is 2.71. The summed E-state index contributed by atoms with van der Waals surface area (Å²) < 4.78 is 35.8. The van der Waals surface area contributed by atoms with Gasteiger partial charge in [0.2, 0.25) is 0 Å². The normalized spacial score (nSPS) is 11.3. The van der Waals surface area contributed by atoms with Crippen LogP contribution in [0.5, 0.6) is 11.5 Å². The number of rotatable bonds is 5. The average molecular weight is 320 g/mol. The van der Waals surface area contributed by atoms with Gasteiger partial charge >= 0.3 is 10.1 Å². The van der Waals surface area contributed by atoms with Gasteiger partial charge in [-0.15, -0.1) is 0 Å². The predicted octanol–water partition coefficient (Wildman–Crippen LogP) is 3.78. The molecule has 2 aromatic rings. The van der Waals surface area contributed by atoms with E-state index < -0.39 is 10.1 Å². The summed E-state index contributed by atoms with van der Waals surface area (Å²) in [6.45, 7) is 7.80. The van der Waals surface area contributed by atoms with E-state index in [0.29, 0.717) is 18.1 Å². The Balaban J connectivity index is 2.44. The molecule has 0 bridgehead atoms. The summed E-state index contributed by atoms with van der Waals surface area (Å²) >= 11 is 0. The Morgan fingerprint density at radius 3 is 2.14 bits per heavy atom. The molecule has 118 valence electrons. The molecule has 0 aromatic heterocycles. The first-order valence-electron chi connectivity index (χ1n) is 7.08. The maximum absolute atomic E-state index is 12.6. The highest BCUT2D eigenvalue weighted by atomic mass is 32.2. The molecule has 4 nitrogen and oxygen atoms in total. The van der Waals surface area contributed by atoms with E-state index in [1.165, 1.54) is 0 Å². The van der Waals surface area contributed by atoms with Crippen LogP contribution in [0.3, 0.4) is 0 Å². The van der Waals surface area contributed by atoms with Crippen LogP contribution in [-0.2, 0) is 10.1 Å². The lowest BCUT2D eigenvalue weighted by Crippen LogP contribution is -2.12. The van der Waals surface area contributed by atoms with Crippen molar-refractivity contribution in [2.75, 3.05) is 6.61 Å². The molecule has 0 aliphatic heterocycles. The van der Waals surface area contributed by atoms with Crippen molar-refractivity contribution in [2.24, 2.45) is 0 Å². The van der Waals surface area contributed by atoms with Gasteiger partial charge in [0.1, 0.15) is 16.4 Å². The zero-order valence-corrected chi connectivity index (χ0v) is 14.0. The van der Waals surface area contributed by atoms with Crippen LogP contribution in [0.2, 0.25) is 0 Å². The predicted molar refractivity (Wildman–Crippen MR) is 86.1 cm³/mol. The van der Waals surface area contributed by atoms with E-state index in [1.54, 1.807) is 37.3 Å². The van der Waals surface area contributed by atoms with Gasteiger partial charge < -0.3 is 8.92 Å². The molecular weight excluding hydrogens is 300 g/mol. The number of ether oxygens (including phenoxy) is 1. The molecule has 0 heterocycles. The zero-order valence-electron chi connectivity index (χ0n) is 13.2. The van der Waals surface area contributed by atoms with Gasteiger partial charge in [-0.3, -0.25) is 0 Å². The van der Waals surface area contributed by atoms with Crippen LogP contribution in [0.1, 0.15) is 23.6 Å². The second-order valence-electron chi connectivity index (χ2n) is 5.24. The summed E-state index contributed by atoms with van der Waals surface area (Å²) in [5, 5.41) is 0. The largest absolute Gasteiger partial charge is 0.492 e. The summed E-state index contributed by atoms with van der Waals surface area (Å²) in [6, 6.07) is 10.4. The molecule has 0 saturated heterocycles. The third kappa shape index (κ3) is 3.80. The highest BCUT2D eigenvalue weighted by Crippen LogP contribution is 2.28. The molecule has 0 unspecified atom stereocenters. The number of hydrogen-bond acceptors (Lipinski definition) is 4. The van der Waals surface area contributed by atoms with Crippen LogP contribution in [0.15, 0.2) is 41.3 Å². The maximum Gasteiger partial charge on any atom is 0.342 e. The Morgan fingerprint density at radius 2 is 1.55 bits per heavy atom. The van der Waals surface area contributed by atoms with Crippen molar-refractivity contribution in [3.05, 3.63) is 53.1 Å². The summed E-state index contributed by atoms with van der Waals surface area (Å²) in [6.07, 6.45) is 0. The van der Waals surface area contributed by atoms with Gasteiger partial charge in [-0.25, -0.2) is 0 Å². The molecule has 5 heteroatoms. The van der Waals surface area contributed by atoms with Gasteiger partial charge in [-0.1, -0.05) is 12.1 Å². The lowest BCUT2D eigenvalue weighted by Gasteiger charge is -2.13. The lowest BCUT2D eigenvalue weighted by molar-refractivity contribution is 0.329. The molecule has 0 atom stereocenters. The third-order valence-electron chi connectivity index (χ3n) is 3.07. The number of aryl methyl sites for hydroxylation is 3. The van der Waals surface area contributed by atoms with Crippen molar-refractivity contribution in [2.45, 2.75) is 32.6 Å². The molecule has 0 spiro atoms. The fourth-order valence-corrected chi connectivity index (χ4v) is 3.38. The van der Waals surface area contributed by atoms with E-state index >= 15 is 0 Å². The average Bonchev–Trinajstić information content (AvgIpc) is 2.39. The quantitative estimate of drug-likeness (QED) is 0.787. The van der Waals surface area contributed by atoms with Crippen molar-refractivity contribution in [1.82, 2.24) is 0 Å². The molecule has 0 radical (unpaired) electrons. The highest BCUT2D eigenvalue weighted by molar-refractivity contribution is 7.87. The summed E-state index contributed by atoms with van der Waals surface area (Å²) in [5.74, 6) is 0.610. The van der Waals surface area contributed by atoms with Gasteiger partial charge in [0.05, 0.1) is 6.61 Å². The highest BCUT2D eigenvalue weighted by Gasteiger charge is 2.22. The number of benzene rings is 2. The molecule has 22 heavy (non-hydrogen) atoms. The van der Waals surface area contributed by atoms with Crippen LogP contribution in [-0.4, -0.2) is 15.0 Å². The molecular formula is C17H20O4S. The molecule has 0 aliphatic carbocycles. The smallest absolute Gasteiger partial charge is 0.342 e. The second-order valence-corrected chi connectivity index (χ2v) is 6.76. The molecule has 2 rings (SSSR count). The van der Waals surface area contributed by atoms with Crippen molar-refractivity contribution >= 4 is 10.1 Å². The van der Waals surface area contributed by atoms with E-state index in [1.807, 2.05) is 26.8 Å². The van der Waals surface area contributed by atoms with Crippen LogP contribution in [0.25, 0.3) is 0 Å². The Morgan fingerprint density at radius 1 is 0.909 bits per heavy atom. The van der Waals surface area contributed by atoms with Crippen molar-refractivity contribution in [3.8, 4) is 11.5 Å². The van der Waals surface area contributed by atoms with E-state index in [9.17, 15) is 8.42 Å². The minimum atomic E-state index is -3.95.